The zero-order valence-corrected chi connectivity index (χ0v) is 15.7. The largest absolute Gasteiger partial charge is 0.495 e. The lowest BCUT2D eigenvalue weighted by atomic mass is 10.1. The molecule has 0 unspecified atom stereocenters. The molecule has 0 radical (unpaired) electrons. The number of methoxy groups -OCH3 is 1. The Morgan fingerprint density at radius 1 is 1.19 bits per heavy atom. The number of carbonyl (C=O) groups excluding carboxylic acids is 1. The molecule has 27 heavy (non-hydrogen) atoms. The minimum absolute atomic E-state index is 0.332. The number of nitrogens with zero attached hydrogens (tertiary/aromatic N) is 2. The van der Waals surface area contributed by atoms with E-state index in [1.807, 2.05) is 71.6 Å². The minimum atomic E-state index is -0.332. The summed E-state index contributed by atoms with van der Waals surface area (Å²) in [5, 5.41) is 7.69. The number of aromatic nitrogens is 2. The van der Waals surface area contributed by atoms with Gasteiger partial charge < -0.3 is 15.4 Å². The van der Waals surface area contributed by atoms with Crippen molar-refractivity contribution in [1.29, 1.82) is 0 Å². The van der Waals surface area contributed by atoms with Gasteiger partial charge in [-0.15, -0.1) is 11.3 Å². The highest BCUT2D eigenvalue weighted by Crippen LogP contribution is 2.26. The van der Waals surface area contributed by atoms with Crippen LogP contribution in [0.2, 0.25) is 0 Å². The number of hydrogen-bond acceptors (Lipinski definition) is 4. The predicted molar refractivity (Wildman–Crippen MR) is 109 cm³/mol. The van der Waals surface area contributed by atoms with Gasteiger partial charge in [-0.2, -0.15) is 0 Å². The summed E-state index contributed by atoms with van der Waals surface area (Å²) >= 11 is 1.58. The van der Waals surface area contributed by atoms with Crippen LogP contribution in [-0.4, -0.2) is 22.5 Å². The maximum absolute atomic E-state index is 12.4. The molecule has 0 saturated heterocycles. The van der Waals surface area contributed by atoms with Crippen LogP contribution in [0.25, 0.3) is 16.2 Å². The molecule has 0 spiro atoms. The van der Waals surface area contributed by atoms with Gasteiger partial charge in [0, 0.05) is 29.0 Å². The molecule has 2 heterocycles. The molecule has 4 rings (SSSR count). The Balaban J connectivity index is 1.52. The Hall–Kier alpha value is -3.32. The molecule has 2 N–H and O–H groups in total. The van der Waals surface area contributed by atoms with Gasteiger partial charge >= 0.3 is 6.03 Å². The van der Waals surface area contributed by atoms with Gasteiger partial charge in [-0.05, 0) is 36.8 Å². The number of imidazole rings is 1. The van der Waals surface area contributed by atoms with Crippen molar-refractivity contribution >= 4 is 33.7 Å². The Morgan fingerprint density at radius 2 is 2.07 bits per heavy atom. The standard InChI is InChI=1S/C20H18N4O2S/c1-13-6-7-18(26-2)16(10-13)22-19(25)21-15-5-3-4-14(11-15)17-12-24-8-9-27-20(24)23-17/h3-12H,1-2H3,(H2,21,22,25). The monoisotopic (exact) mass is 378 g/mol. The molecule has 7 heteroatoms. The van der Waals surface area contributed by atoms with Crippen molar-refractivity contribution < 1.29 is 9.53 Å². The molecule has 0 aliphatic carbocycles. The summed E-state index contributed by atoms with van der Waals surface area (Å²) in [6.07, 6.45) is 3.95. The first-order valence-electron chi connectivity index (χ1n) is 8.37. The van der Waals surface area contributed by atoms with Crippen LogP contribution in [0.3, 0.4) is 0 Å². The van der Waals surface area contributed by atoms with Crippen molar-refractivity contribution in [3.8, 4) is 17.0 Å². The average molecular weight is 378 g/mol. The van der Waals surface area contributed by atoms with E-state index in [9.17, 15) is 4.79 Å². The summed E-state index contributed by atoms with van der Waals surface area (Å²) in [6.45, 7) is 1.96. The molecule has 0 saturated carbocycles. The smallest absolute Gasteiger partial charge is 0.323 e. The van der Waals surface area contributed by atoms with E-state index >= 15 is 0 Å². The van der Waals surface area contributed by atoms with Crippen LogP contribution in [0.4, 0.5) is 16.2 Å². The second kappa shape index (κ2) is 7.13. The van der Waals surface area contributed by atoms with Crippen molar-refractivity contribution in [3.05, 3.63) is 65.8 Å². The number of aryl methyl sites for hydroxylation is 1. The van der Waals surface area contributed by atoms with Gasteiger partial charge in [-0.3, -0.25) is 4.40 Å². The number of carbonyl (C=O) groups is 1. The molecular weight excluding hydrogens is 360 g/mol. The molecule has 136 valence electrons. The highest BCUT2D eigenvalue weighted by molar-refractivity contribution is 7.15. The summed E-state index contributed by atoms with van der Waals surface area (Å²) in [5.41, 5.74) is 4.16. The second-order valence-electron chi connectivity index (χ2n) is 6.08. The summed E-state index contributed by atoms with van der Waals surface area (Å²) in [5.74, 6) is 0.614. The Bertz CT molecular complexity index is 1090. The van der Waals surface area contributed by atoms with Crippen LogP contribution < -0.4 is 15.4 Å². The molecule has 2 aromatic heterocycles. The van der Waals surface area contributed by atoms with Crippen LogP contribution in [0, 0.1) is 6.92 Å². The van der Waals surface area contributed by atoms with Crippen molar-refractivity contribution in [1.82, 2.24) is 9.38 Å². The highest BCUT2D eigenvalue weighted by Gasteiger charge is 2.10. The number of hydrogen-bond donors (Lipinski definition) is 2. The maximum atomic E-state index is 12.4. The topological polar surface area (TPSA) is 67.7 Å². The van der Waals surface area contributed by atoms with E-state index in [1.54, 1.807) is 18.4 Å². The van der Waals surface area contributed by atoms with E-state index < -0.39 is 0 Å². The van der Waals surface area contributed by atoms with Crippen molar-refractivity contribution in [2.24, 2.45) is 0 Å². The molecule has 6 nitrogen and oxygen atoms in total. The normalized spacial score (nSPS) is 10.7. The van der Waals surface area contributed by atoms with E-state index in [0.29, 0.717) is 17.1 Å². The zero-order valence-electron chi connectivity index (χ0n) is 14.9. The van der Waals surface area contributed by atoms with Crippen LogP contribution in [-0.2, 0) is 0 Å². The maximum Gasteiger partial charge on any atom is 0.323 e. The lowest BCUT2D eigenvalue weighted by Gasteiger charge is -2.12. The van der Waals surface area contributed by atoms with Gasteiger partial charge in [0.25, 0.3) is 0 Å². The van der Waals surface area contributed by atoms with Crippen LogP contribution in [0.15, 0.2) is 60.2 Å². The van der Waals surface area contributed by atoms with Crippen LogP contribution in [0.5, 0.6) is 5.75 Å². The van der Waals surface area contributed by atoms with Gasteiger partial charge in [-0.1, -0.05) is 18.2 Å². The van der Waals surface area contributed by atoms with Gasteiger partial charge in [0.05, 0.1) is 18.5 Å². The molecule has 2 aromatic carbocycles. The van der Waals surface area contributed by atoms with E-state index in [0.717, 1.165) is 21.8 Å². The summed E-state index contributed by atoms with van der Waals surface area (Å²) in [6, 6.07) is 12.9. The fourth-order valence-corrected chi connectivity index (χ4v) is 3.53. The second-order valence-corrected chi connectivity index (χ2v) is 6.96. The van der Waals surface area contributed by atoms with Crippen LogP contribution >= 0.6 is 11.3 Å². The summed E-state index contributed by atoms with van der Waals surface area (Å²) in [4.78, 5) is 18.0. The van der Waals surface area contributed by atoms with E-state index in [1.165, 1.54) is 0 Å². The number of fused-ring (bicyclic) bond motifs is 1. The molecule has 2 amide bonds. The number of urea groups is 1. The number of benzene rings is 2. The molecule has 0 bridgehead atoms. The molecule has 0 aliphatic rings. The highest BCUT2D eigenvalue weighted by atomic mass is 32.1. The molecule has 0 atom stereocenters. The van der Waals surface area contributed by atoms with Gasteiger partial charge in [0.2, 0.25) is 0 Å². The Labute approximate surface area is 160 Å². The van der Waals surface area contributed by atoms with Gasteiger partial charge in [-0.25, -0.2) is 9.78 Å². The number of anilines is 2. The first-order valence-corrected chi connectivity index (χ1v) is 9.25. The van der Waals surface area contributed by atoms with Crippen molar-refractivity contribution in [2.45, 2.75) is 6.92 Å². The molecule has 0 fully saturated rings. The van der Waals surface area contributed by atoms with Gasteiger partial charge in [0.1, 0.15) is 5.75 Å². The fourth-order valence-electron chi connectivity index (χ4n) is 2.83. The van der Waals surface area contributed by atoms with E-state index in [2.05, 4.69) is 15.6 Å². The Kier molecular flexibility index (Phi) is 4.52. The SMILES string of the molecule is COc1ccc(C)cc1NC(=O)Nc1cccc(-c2cn3ccsc3n2)c1. The first-order chi connectivity index (χ1) is 13.1. The minimum Gasteiger partial charge on any atom is -0.495 e. The molecule has 0 aliphatic heterocycles. The van der Waals surface area contributed by atoms with Crippen molar-refractivity contribution in [3.63, 3.8) is 0 Å². The average Bonchev–Trinajstić information content (AvgIpc) is 3.24. The lowest BCUT2D eigenvalue weighted by molar-refractivity contribution is 0.262. The van der Waals surface area contributed by atoms with Gasteiger partial charge in [0.15, 0.2) is 4.96 Å². The third-order valence-electron chi connectivity index (χ3n) is 4.11. The number of nitrogens with one attached hydrogen (secondary N) is 2. The number of thiazole rings is 1. The fraction of sp³-hybridized carbons (Fsp3) is 0.100. The van der Waals surface area contributed by atoms with Crippen molar-refractivity contribution in [2.75, 3.05) is 17.7 Å². The van der Waals surface area contributed by atoms with E-state index in [4.69, 9.17) is 4.74 Å². The third kappa shape index (κ3) is 3.63. The molecule has 4 aromatic rings. The number of ether oxygens (including phenoxy) is 1. The third-order valence-corrected chi connectivity index (χ3v) is 4.88. The Morgan fingerprint density at radius 3 is 2.89 bits per heavy atom. The van der Waals surface area contributed by atoms with E-state index in [-0.39, 0.29) is 6.03 Å². The summed E-state index contributed by atoms with van der Waals surface area (Å²) < 4.78 is 7.28. The number of rotatable bonds is 4. The predicted octanol–water partition coefficient (Wildman–Crippen LogP) is 5.02. The first kappa shape index (κ1) is 17.1. The number of amides is 2. The molecular formula is C20H18N4O2S. The zero-order chi connectivity index (χ0) is 18.8. The lowest BCUT2D eigenvalue weighted by Crippen LogP contribution is -2.19. The summed E-state index contributed by atoms with van der Waals surface area (Å²) in [7, 11) is 1.58. The van der Waals surface area contributed by atoms with Crippen LogP contribution in [0.1, 0.15) is 5.56 Å². The quantitative estimate of drug-likeness (QED) is 0.524.